The Morgan fingerprint density at radius 1 is 1.16 bits per heavy atom. The molecule has 3 unspecified atom stereocenters. The summed E-state index contributed by atoms with van der Waals surface area (Å²) in [5.74, 6) is 0.622. The highest BCUT2D eigenvalue weighted by Gasteiger charge is 2.55. The number of carbonyl (C=O) groups excluding carboxylic acids is 2. The topological polar surface area (TPSA) is 49.4 Å². The van der Waals surface area contributed by atoms with E-state index >= 15 is 0 Å². The first kappa shape index (κ1) is 20.0. The minimum atomic E-state index is -0.218. The summed E-state index contributed by atoms with van der Waals surface area (Å²) in [6.45, 7) is 12.5. The summed E-state index contributed by atoms with van der Waals surface area (Å²) in [5.41, 5.74) is 3.00. The summed E-state index contributed by atoms with van der Waals surface area (Å²) < 4.78 is 0. The molecule has 2 amide bonds. The molecule has 2 bridgehead atoms. The van der Waals surface area contributed by atoms with Gasteiger partial charge in [0.05, 0.1) is 5.92 Å². The van der Waals surface area contributed by atoms with Crippen LogP contribution in [0.3, 0.4) is 0 Å². The van der Waals surface area contributed by atoms with E-state index in [9.17, 15) is 9.59 Å². The van der Waals surface area contributed by atoms with E-state index in [2.05, 4.69) is 19.2 Å². The molecule has 0 aromatic heterocycles. The largest absolute Gasteiger partial charge is 0.356 e. The average Bonchev–Trinajstić information content (AvgIpc) is 3.17. The first-order valence-corrected chi connectivity index (χ1v) is 10.3. The smallest absolute Gasteiger partial charge is 0.224 e. The first-order chi connectivity index (χ1) is 12.0. The number of allylic oxidation sites excluding steroid dienone is 2. The molecule has 0 aliphatic heterocycles. The van der Waals surface area contributed by atoms with Crippen LogP contribution in [0, 0.1) is 17.3 Å². The standard InChI is InChI=1S/C21H36N2O2/c1-6-16-15-11-12-21(14-15,17(16)7-2)18(20(25)22-8-3)13-19(24)23(9-4)10-5/h15,18H,6-14H2,1-5H3,(H,22,25). The molecule has 2 rings (SSSR count). The van der Waals surface area contributed by atoms with Crippen molar-refractivity contribution in [1.29, 1.82) is 0 Å². The zero-order chi connectivity index (χ0) is 18.6. The predicted molar refractivity (Wildman–Crippen MR) is 102 cm³/mol. The Morgan fingerprint density at radius 2 is 1.84 bits per heavy atom. The van der Waals surface area contributed by atoms with Crippen LogP contribution in [-0.4, -0.2) is 36.3 Å². The lowest BCUT2D eigenvalue weighted by Crippen LogP contribution is -2.45. The molecule has 2 aliphatic carbocycles. The number of fused-ring (bicyclic) bond motifs is 2. The molecule has 4 heteroatoms. The van der Waals surface area contributed by atoms with Gasteiger partial charge in [0.25, 0.3) is 0 Å². The van der Waals surface area contributed by atoms with Crippen LogP contribution in [0.1, 0.15) is 73.1 Å². The Hall–Kier alpha value is -1.32. The summed E-state index contributed by atoms with van der Waals surface area (Å²) >= 11 is 0. The second-order valence-electron chi connectivity index (χ2n) is 7.52. The van der Waals surface area contributed by atoms with Gasteiger partial charge in [0.2, 0.25) is 11.8 Å². The van der Waals surface area contributed by atoms with E-state index in [1.165, 1.54) is 12.0 Å². The van der Waals surface area contributed by atoms with Crippen molar-refractivity contribution in [2.24, 2.45) is 17.3 Å². The Balaban J connectivity index is 2.37. The van der Waals surface area contributed by atoms with Gasteiger partial charge in [-0.15, -0.1) is 0 Å². The Bertz CT molecular complexity index is 536. The number of carbonyl (C=O) groups is 2. The molecule has 1 fully saturated rings. The number of nitrogens with one attached hydrogen (secondary N) is 1. The SMILES string of the molecule is CCNC(=O)C(CC(=O)N(CC)CC)C12CCC(C1)C(CC)=C2CC. The van der Waals surface area contributed by atoms with Gasteiger partial charge in [-0.2, -0.15) is 0 Å². The van der Waals surface area contributed by atoms with Crippen LogP contribution in [-0.2, 0) is 9.59 Å². The maximum Gasteiger partial charge on any atom is 0.224 e. The lowest BCUT2D eigenvalue weighted by molar-refractivity contribution is -0.138. The minimum absolute atomic E-state index is 0.0759. The lowest BCUT2D eigenvalue weighted by Gasteiger charge is -2.39. The van der Waals surface area contributed by atoms with E-state index in [0.717, 1.165) is 25.7 Å². The predicted octanol–water partition coefficient (Wildman–Crippen LogP) is 3.91. The molecule has 3 atom stereocenters. The normalized spacial score (nSPS) is 26.0. The highest BCUT2D eigenvalue weighted by molar-refractivity contribution is 5.87. The van der Waals surface area contributed by atoms with Crippen LogP contribution in [0.5, 0.6) is 0 Å². The zero-order valence-electron chi connectivity index (χ0n) is 16.8. The average molecular weight is 349 g/mol. The summed E-state index contributed by atoms with van der Waals surface area (Å²) in [6, 6.07) is 0. The molecule has 1 N–H and O–H groups in total. The van der Waals surface area contributed by atoms with Crippen LogP contribution in [0.4, 0.5) is 0 Å². The molecule has 0 saturated heterocycles. The van der Waals surface area contributed by atoms with Gasteiger partial charge in [0.1, 0.15) is 0 Å². The Morgan fingerprint density at radius 3 is 2.36 bits per heavy atom. The van der Waals surface area contributed by atoms with Crippen molar-refractivity contribution < 1.29 is 9.59 Å². The lowest BCUT2D eigenvalue weighted by atomic mass is 9.66. The number of rotatable bonds is 9. The molecule has 142 valence electrons. The number of hydrogen-bond donors (Lipinski definition) is 1. The molecule has 25 heavy (non-hydrogen) atoms. The molecular formula is C21H36N2O2. The van der Waals surface area contributed by atoms with Gasteiger partial charge in [-0.3, -0.25) is 9.59 Å². The third-order valence-electron chi connectivity index (χ3n) is 6.59. The van der Waals surface area contributed by atoms with Gasteiger partial charge < -0.3 is 10.2 Å². The van der Waals surface area contributed by atoms with Gasteiger partial charge in [0, 0.05) is 31.5 Å². The first-order valence-electron chi connectivity index (χ1n) is 10.3. The second-order valence-corrected chi connectivity index (χ2v) is 7.52. The number of nitrogens with zero attached hydrogens (tertiary/aromatic N) is 1. The molecule has 0 radical (unpaired) electrons. The molecule has 0 aromatic rings. The highest BCUT2D eigenvalue weighted by atomic mass is 16.2. The molecule has 1 saturated carbocycles. The van der Waals surface area contributed by atoms with E-state index in [1.54, 1.807) is 5.57 Å². The van der Waals surface area contributed by atoms with Crippen LogP contribution in [0.15, 0.2) is 11.1 Å². The van der Waals surface area contributed by atoms with E-state index < -0.39 is 0 Å². The third-order valence-corrected chi connectivity index (χ3v) is 6.59. The fraction of sp³-hybridized carbons (Fsp3) is 0.810. The highest BCUT2D eigenvalue weighted by Crippen LogP contribution is 2.63. The summed E-state index contributed by atoms with van der Waals surface area (Å²) in [7, 11) is 0. The minimum Gasteiger partial charge on any atom is -0.356 e. The van der Waals surface area contributed by atoms with Crippen molar-refractivity contribution in [1.82, 2.24) is 10.2 Å². The third kappa shape index (κ3) is 3.50. The summed E-state index contributed by atoms with van der Waals surface area (Å²) in [5, 5.41) is 3.03. The van der Waals surface area contributed by atoms with Crippen molar-refractivity contribution in [2.45, 2.75) is 73.1 Å². The van der Waals surface area contributed by atoms with Gasteiger partial charge in [-0.1, -0.05) is 25.0 Å². The molecule has 0 aromatic carbocycles. The maximum absolute atomic E-state index is 13.0. The van der Waals surface area contributed by atoms with Crippen LogP contribution >= 0.6 is 0 Å². The molecular weight excluding hydrogens is 312 g/mol. The van der Waals surface area contributed by atoms with Crippen LogP contribution < -0.4 is 5.32 Å². The van der Waals surface area contributed by atoms with Gasteiger partial charge in [-0.25, -0.2) is 0 Å². The maximum atomic E-state index is 13.0. The number of amides is 2. The summed E-state index contributed by atoms with van der Waals surface area (Å²) in [4.78, 5) is 27.7. The Kier molecular flexibility index (Phi) is 6.70. The molecule has 0 heterocycles. The van der Waals surface area contributed by atoms with Crippen LogP contribution in [0.25, 0.3) is 0 Å². The van der Waals surface area contributed by atoms with Gasteiger partial charge in [0.15, 0.2) is 0 Å². The van der Waals surface area contributed by atoms with E-state index in [-0.39, 0.29) is 23.1 Å². The molecule has 4 nitrogen and oxygen atoms in total. The van der Waals surface area contributed by atoms with Crippen molar-refractivity contribution in [3.63, 3.8) is 0 Å². The van der Waals surface area contributed by atoms with E-state index in [4.69, 9.17) is 0 Å². The van der Waals surface area contributed by atoms with Gasteiger partial charge >= 0.3 is 0 Å². The number of hydrogen-bond acceptors (Lipinski definition) is 2. The van der Waals surface area contributed by atoms with Crippen molar-refractivity contribution in [3.8, 4) is 0 Å². The van der Waals surface area contributed by atoms with E-state index in [1.807, 2.05) is 25.7 Å². The van der Waals surface area contributed by atoms with Crippen LogP contribution in [0.2, 0.25) is 0 Å². The second kappa shape index (κ2) is 8.37. The van der Waals surface area contributed by atoms with Crippen molar-refractivity contribution in [3.05, 3.63) is 11.1 Å². The fourth-order valence-corrected chi connectivity index (χ4v) is 5.54. The molecule has 2 aliphatic rings. The zero-order valence-corrected chi connectivity index (χ0v) is 16.8. The van der Waals surface area contributed by atoms with Gasteiger partial charge in [-0.05, 0) is 58.8 Å². The molecule has 0 spiro atoms. The monoisotopic (exact) mass is 348 g/mol. The van der Waals surface area contributed by atoms with Crippen molar-refractivity contribution in [2.75, 3.05) is 19.6 Å². The Labute approximate surface area is 153 Å². The van der Waals surface area contributed by atoms with Crippen molar-refractivity contribution >= 4 is 11.8 Å². The quantitative estimate of drug-likeness (QED) is 0.642. The summed E-state index contributed by atoms with van der Waals surface area (Å²) in [6.07, 6.45) is 5.77. The van der Waals surface area contributed by atoms with E-state index in [0.29, 0.717) is 32.0 Å². The fourth-order valence-electron chi connectivity index (χ4n) is 5.54.